The predicted molar refractivity (Wildman–Crippen MR) is 73.1 cm³/mol. The monoisotopic (exact) mass is 256 g/mol. The van der Waals surface area contributed by atoms with Crippen molar-refractivity contribution in [1.29, 1.82) is 0 Å². The van der Waals surface area contributed by atoms with Crippen LogP contribution in [0.1, 0.15) is 46.0 Å². The van der Waals surface area contributed by atoms with Crippen LogP contribution in [0.5, 0.6) is 0 Å². The molecule has 1 aliphatic rings. The molecule has 4 nitrogen and oxygen atoms in total. The average Bonchev–Trinajstić information content (AvgIpc) is 2.32. The Balaban J connectivity index is 2.57. The van der Waals surface area contributed by atoms with Gasteiger partial charge < -0.3 is 15.7 Å². The molecule has 4 heteroatoms. The fraction of sp³-hybridized carbons (Fsp3) is 0.929. The Hall–Kier alpha value is -0.610. The van der Waals surface area contributed by atoms with Crippen molar-refractivity contribution in [3.05, 3.63) is 0 Å². The van der Waals surface area contributed by atoms with Crippen molar-refractivity contribution in [2.45, 2.75) is 52.0 Å². The molecule has 0 aromatic heterocycles. The van der Waals surface area contributed by atoms with Crippen LogP contribution in [0.2, 0.25) is 0 Å². The highest BCUT2D eigenvalue weighted by atomic mass is 16.3. The first kappa shape index (κ1) is 15.4. The fourth-order valence-corrected chi connectivity index (χ4v) is 2.92. The number of nitrogens with zero attached hydrogens (tertiary/aromatic N) is 1. The van der Waals surface area contributed by atoms with Gasteiger partial charge in [-0.3, -0.25) is 4.79 Å². The molecule has 0 radical (unpaired) electrons. The first-order valence-electron chi connectivity index (χ1n) is 7.23. The number of nitrogens with two attached hydrogens (primary N) is 1. The number of carbonyl (C=O) groups is 1. The zero-order chi connectivity index (χ0) is 13.5. The Morgan fingerprint density at radius 3 is 2.61 bits per heavy atom. The summed E-state index contributed by atoms with van der Waals surface area (Å²) in [7, 11) is 0. The molecule has 3 N–H and O–H groups in total. The van der Waals surface area contributed by atoms with Crippen LogP contribution >= 0.6 is 0 Å². The first-order chi connectivity index (χ1) is 8.58. The van der Waals surface area contributed by atoms with E-state index in [2.05, 4.69) is 13.8 Å². The number of unbranched alkanes of at least 4 members (excludes halogenated alkanes) is 1. The molecule has 1 aliphatic carbocycles. The fourth-order valence-electron chi connectivity index (χ4n) is 2.92. The highest BCUT2D eigenvalue weighted by Crippen LogP contribution is 2.29. The predicted octanol–water partition coefficient (Wildman–Crippen LogP) is 1.37. The topological polar surface area (TPSA) is 66.6 Å². The van der Waals surface area contributed by atoms with Gasteiger partial charge in [0.25, 0.3) is 0 Å². The molecule has 1 fully saturated rings. The van der Waals surface area contributed by atoms with Gasteiger partial charge in [0.05, 0.1) is 6.61 Å². The average molecular weight is 256 g/mol. The van der Waals surface area contributed by atoms with Gasteiger partial charge in [-0.2, -0.15) is 0 Å². The number of aliphatic hydroxyl groups excluding tert-OH is 1. The summed E-state index contributed by atoms with van der Waals surface area (Å²) in [5, 5.41) is 9.07. The molecular formula is C14H28N2O2. The summed E-state index contributed by atoms with van der Waals surface area (Å²) in [5.74, 6) is 0.788. The minimum Gasteiger partial charge on any atom is -0.395 e. The lowest BCUT2D eigenvalue weighted by Gasteiger charge is -2.34. The second kappa shape index (κ2) is 7.74. The van der Waals surface area contributed by atoms with Crippen LogP contribution < -0.4 is 5.73 Å². The molecule has 106 valence electrons. The summed E-state index contributed by atoms with van der Waals surface area (Å²) in [5.41, 5.74) is 6.01. The van der Waals surface area contributed by atoms with E-state index in [4.69, 9.17) is 10.8 Å². The Kier molecular flexibility index (Phi) is 6.65. The third-order valence-corrected chi connectivity index (χ3v) is 3.79. The normalized spacial score (nSPS) is 28.1. The van der Waals surface area contributed by atoms with E-state index in [-0.39, 0.29) is 24.5 Å². The maximum atomic E-state index is 12.4. The lowest BCUT2D eigenvalue weighted by Crippen LogP contribution is -2.43. The van der Waals surface area contributed by atoms with Crippen LogP contribution in [0.25, 0.3) is 0 Å². The van der Waals surface area contributed by atoms with E-state index in [0.29, 0.717) is 12.5 Å². The first-order valence-corrected chi connectivity index (χ1v) is 7.23. The van der Waals surface area contributed by atoms with Gasteiger partial charge >= 0.3 is 0 Å². The van der Waals surface area contributed by atoms with E-state index in [0.717, 1.165) is 38.6 Å². The van der Waals surface area contributed by atoms with Crippen molar-refractivity contribution in [3.63, 3.8) is 0 Å². The largest absolute Gasteiger partial charge is 0.395 e. The summed E-state index contributed by atoms with van der Waals surface area (Å²) in [6, 6.07) is 0.157. The third kappa shape index (κ3) is 4.58. The maximum absolute atomic E-state index is 12.4. The number of rotatable bonds is 6. The zero-order valence-corrected chi connectivity index (χ0v) is 11.8. The zero-order valence-electron chi connectivity index (χ0n) is 11.8. The van der Waals surface area contributed by atoms with Crippen LogP contribution in [0.3, 0.4) is 0 Å². The highest BCUT2D eigenvalue weighted by molar-refractivity contribution is 5.79. The smallest absolute Gasteiger partial charge is 0.225 e. The van der Waals surface area contributed by atoms with Crippen LogP contribution in [-0.4, -0.2) is 41.7 Å². The molecular weight excluding hydrogens is 228 g/mol. The van der Waals surface area contributed by atoms with E-state index in [1.165, 1.54) is 0 Å². The number of carbonyl (C=O) groups excluding carboxylic acids is 1. The molecule has 0 aliphatic heterocycles. The Labute approximate surface area is 111 Å². The van der Waals surface area contributed by atoms with Gasteiger partial charge in [0, 0.05) is 25.0 Å². The molecule has 3 atom stereocenters. The number of aliphatic hydroxyl groups is 1. The Bertz CT molecular complexity index is 248. The number of hydrogen-bond acceptors (Lipinski definition) is 3. The highest BCUT2D eigenvalue weighted by Gasteiger charge is 2.31. The summed E-state index contributed by atoms with van der Waals surface area (Å²) < 4.78 is 0. The van der Waals surface area contributed by atoms with Crippen LogP contribution in [-0.2, 0) is 4.79 Å². The summed E-state index contributed by atoms with van der Waals surface area (Å²) in [6.45, 7) is 5.54. The SMILES string of the molecule is CCCCN(CCO)C(=O)C1CC(C)CC(N)C1. The minimum atomic E-state index is 0.0454. The molecule has 1 saturated carbocycles. The minimum absolute atomic E-state index is 0.0454. The van der Waals surface area contributed by atoms with Gasteiger partial charge in [0.15, 0.2) is 0 Å². The van der Waals surface area contributed by atoms with E-state index in [1.807, 2.05) is 4.90 Å². The Morgan fingerprint density at radius 2 is 2.06 bits per heavy atom. The lowest BCUT2D eigenvalue weighted by molar-refractivity contribution is -0.137. The Morgan fingerprint density at radius 1 is 1.33 bits per heavy atom. The summed E-state index contributed by atoms with van der Waals surface area (Å²) >= 11 is 0. The van der Waals surface area contributed by atoms with Gasteiger partial charge in [0.2, 0.25) is 5.91 Å². The molecule has 1 rings (SSSR count). The molecule has 3 unspecified atom stereocenters. The van der Waals surface area contributed by atoms with Crippen LogP contribution in [0, 0.1) is 11.8 Å². The lowest BCUT2D eigenvalue weighted by atomic mass is 9.79. The van der Waals surface area contributed by atoms with Crippen molar-refractivity contribution in [1.82, 2.24) is 4.90 Å². The maximum Gasteiger partial charge on any atom is 0.225 e. The molecule has 1 amide bonds. The van der Waals surface area contributed by atoms with Crippen LogP contribution in [0.15, 0.2) is 0 Å². The van der Waals surface area contributed by atoms with E-state index >= 15 is 0 Å². The molecule has 18 heavy (non-hydrogen) atoms. The van der Waals surface area contributed by atoms with Crippen molar-refractivity contribution < 1.29 is 9.90 Å². The van der Waals surface area contributed by atoms with Crippen LogP contribution in [0.4, 0.5) is 0 Å². The van der Waals surface area contributed by atoms with Crippen molar-refractivity contribution in [3.8, 4) is 0 Å². The van der Waals surface area contributed by atoms with E-state index in [1.54, 1.807) is 0 Å². The molecule has 0 bridgehead atoms. The third-order valence-electron chi connectivity index (χ3n) is 3.79. The van der Waals surface area contributed by atoms with Crippen molar-refractivity contribution >= 4 is 5.91 Å². The summed E-state index contributed by atoms with van der Waals surface area (Å²) in [4.78, 5) is 14.3. The van der Waals surface area contributed by atoms with Gasteiger partial charge in [-0.05, 0) is 31.6 Å². The van der Waals surface area contributed by atoms with Gasteiger partial charge in [-0.25, -0.2) is 0 Å². The molecule has 0 heterocycles. The molecule has 0 aromatic rings. The van der Waals surface area contributed by atoms with Gasteiger partial charge in [0.1, 0.15) is 0 Å². The number of hydrogen-bond donors (Lipinski definition) is 2. The molecule has 0 saturated heterocycles. The quantitative estimate of drug-likeness (QED) is 0.754. The van der Waals surface area contributed by atoms with Crippen molar-refractivity contribution in [2.24, 2.45) is 17.6 Å². The van der Waals surface area contributed by atoms with Gasteiger partial charge in [-0.1, -0.05) is 20.3 Å². The van der Waals surface area contributed by atoms with Gasteiger partial charge in [-0.15, -0.1) is 0 Å². The molecule has 0 aromatic carbocycles. The number of amides is 1. The standard InChI is InChI=1S/C14H28N2O2/c1-3-4-5-16(6-7-17)14(18)12-8-11(2)9-13(15)10-12/h11-13,17H,3-10,15H2,1-2H3. The van der Waals surface area contributed by atoms with E-state index < -0.39 is 0 Å². The van der Waals surface area contributed by atoms with E-state index in [9.17, 15) is 4.79 Å². The second-order valence-corrected chi connectivity index (χ2v) is 5.67. The summed E-state index contributed by atoms with van der Waals surface area (Å²) in [6.07, 6.45) is 4.84. The van der Waals surface area contributed by atoms with Crippen molar-refractivity contribution in [2.75, 3.05) is 19.7 Å². The molecule has 0 spiro atoms. The second-order valence-electron chi connectivity index (χ2n) is 5.67.